The summed E-state index contributed by atoms with van der Waals surface area (Å²) in [6.45, 7) is 5.36. The number of amides is 1. The van der Waals surface area contributed by atoms with E-state index in [1.54, 1.807) is 4.90 Å². The fraction of sp³-hybridized carbons (Fsp3) is 0.818. The van der Waals surface area contributed by atoms with E-state index in [0.29, 0.717) is 26.1 Å². The molecule has 0 aromatic rings. The van der Waals surface area contributed by atoms with Crippen molar-refractivity contribution in [1.29, 1.82) is 0 Å². The number of carboxylic acids is 1. The van der Waals surface area contributed by atoms with E-state index in [1.807, 2.05) is 13.8 Å². The first kappa shape index (κ1) is 13.0. The molecule has 1 saturated heterocycles. The molecule has 1 atom stereocenters. The van der Waals surface area contributed by atoms with E-state index in [9.17, 15) is 9.59 Å². The zero-order valence-corrected chi connectivity index (χ0v) is 9.81. The Morgan fingerprint density at radius 1 is 1.50 bits per heavy atom. The summed E-state index contributed by atoms with van der Waals surface area (Å²) in [6.07, 6.45) is 0.429. The number of hydrogen-bond acceptors (Lipinski definition) is 3. The molecule has 92 valence electrons. The molecule has 0 aromatic heterocycles. The largest absolute Gasteiger partial charge is 0.481 e. The number of ether oxygens (including phenoxy) is 1. The van der Waals surface area contributed by atoms with Crippen LogP contribution in [0.25, 0.3) is 0 Å². The first-order chi connectivity index (χ1) is 7.50. The Balaban J connectivity index is 2.41. The van der Waals surface area contributed by atoms with Crippen molar-refractivity contribution in [3.8, 4) is 0 Å². The van der Waals surface area contributed by atoms with Gasteiger partial charge in [-0.15, -0.1) is 0 Å². The predicted octanol–water partition coefficient (Wildman–Crippen LogP) is 0.735. The van der Waals surface area contributed by atoms with Gasteiger partial charge in [0.25, 0.3) is 0 Å². The molecule has 16 heavy (non-hydrogen) atoms. The van der Waals surface area contributed by atoms with Crippen LogP contribution >= 0.6 is 0 Å². The summed E-state index contributed by atoms with van der Waals surface area (Å²) < 4.78 is 5.43. The lowest BCUT2D eigenvalue weighted by molar-refractivity contribution is -0.143. The Morgan fingerprint density at radius 2 is 2.19 bits per heavy atom. The van der Waals surface area contributed by atoms with Crippen molar-refractivity contribution in [1.82, 2.24) is 4.90 Å². The van der Waals surface area contributed by atoms with Crippen molar-refractivity contribution in [2.45, 2.75) is 32.8 Å². The summed E-state index contributed by atoms with van der Waals surface area (Å²) in [4.78, 5) is 23.9. The van der Waals surface area contributed by atoms with Gasteiger partial charge >= 0.3 is 5.97 Å². The molecule has 0 radical (unpaired) electrons. The Kier molecular flexibility index (Phi) is 4.73. The maximum atomic E-state index is 11.7. The molecular weight excluding hydrogens is 210 g/mol. The summed E-state index contributed by atoms with van der Waals surface area (Å²) in [5.41, 5.74) is 0. The minimum Gasteiger partial charge on any atom is -0.481 e. The van der Waals surface area contributed by atoms with E-state index in [1.165, 1.54) is 0 Å². The minimum atomic E-state index is -0.823. The monoisotopic (exact) mass is 229 g/mol. The highest BCUT2D eigenvalue weighted by Crippen LogP contribution is 2.13. The van der Waals surface area contributed by atoms with Crippen LogP contribution in [0, 0.1) is 5.92 Å². The quantitative estimate of drug-likeness (QED) is 0.772. The van der Waals surface area contributed by atoms with Gasteiger partial charge < -0.3 is 14.7 Å². The summed E-state index contributed by atoms with van der Waals surface area (Å²) in [5.74, 6) is -0.724. The molecule has 0 saturated carbocycles. The van der Waals surface area contributed by atoms with Gasteiger partial charge in [-0.2, -0.15) is 0 Å². The Hall–Kier alpha value is -1.10. The van der Waals surface area contributed by atoms with Crippen LogP contribution in [0.5, 0.6) is 0 Å². The predicted molar refractivity (Wildman–Crippen MR) is 58.0 cm³/mol. The third-order valence-corrected chi connectivity index (χ3v) is 2.62. The van der Waals surface area contributed by atoms with Crippen molar-refractivity contribution >= 4 is 11.9 Å². The van der Waals surface area contributed by atoms with Gasteiger partial charge in [-0.3, -0.25) is 9.59 Å². The first-order valence-corrected chi connectivity index (χ1v) is 5.63. The molecule has 1 amide bonds. The lowest BCUT2D eigenvalue weighted by Crippen LogP contribution is -2.47. The van der Waals surface area contributed by atoms with E-state index < -0.39 is 5.97 Å². The molecule has 1 aliphatic rings. The van der Waals surface area contributed by atoms with Crippen LogP contribution < -0.4 is 0 Å². The molecule has 1 aliphatic heterocycles. The van der Waals surface area contributed by atoms with E-state index in [2.05, 4.69) is 0 Å². The van der Waals surface area contributed by atoms with Gasteiger partial charge in [0.05, 0.1) is 12.7 Å². The Bertz CT molecular complexity index is 265. The molecule has 0 bridgehead atoms. The third-order valence-electron chi connectivity index (χ3n) is 2.62. The standard InChI is InChI=1S/C11H19NO4/c1-8(2)11(15)12-5-6-16-9(7-12)3-4-10(13)14/h8-9H,3-7H2,1-2H3,(H,13,14). The van der Waals surface area contributed by atoms with E-state index in [-0.39, 0.29) is 24.3 Å². The fourth-order valence-corrected chi connectivity index (χ4v) is 1.74. The smallest absolute Gasteiger partial charge is 0.303 e. The SMILES string of the molecule is CC(C)C(=O)N1CCOC(CCC(=O)O)C1. The van der Waals surface area contributed by atoms with Crippen LogP contribution in [-0.2, 0) is 14.3 Å². The third kappa shape index (κ3) is 3.81. The lowest BCUT2D eigenvalue weighted by Gasteiger charge is -2.33. The molecule has 0 aromatic carbocycles. The number of morpholine rings is 1. The van der Waals surface area contributed by atoms with Gasteiger partial charge in [0.15, 0.2) is 0 Å². The van der Waals surface area contributed by atoms with Gasteiger partial charge in [0.1, 0.15) is 0 Å². The molecule has 5 nitrogen and oxygen atoms in total. The highest BCUT2D eigenvalue weighted by Gasteiger charge is 2.25. The van der Waals surface area contributed by atoms with Crippen LogP contribution in [0.15, 0.2) is 0 Å². The van der Waals surface area contributed by atoms with Gasteiger partial charge in [-0.25, -0.2) is 0 Å². The summed E-state index contributed by atoms with van der Waals surface area (Å²) in [5, 5.41) is 8.57. The lowest BCUT2D eigenvalue weighted by atomic mass is 10.1. The maximum Gasteiger partial charge on any atom is 0.303 e. The zero-order chi connectivity index (χ0) is 12.1. The van der Waals surface area contributed by atoms with Crippen LogP contribution in [0.2, 0.25) is 0 Å². The van der Waals surface area contributed by atoms with Crippen molar-refractivity contribution < 1.29 is 19.4 Å². The second-order valence-corrected chi connectivity index (χ2v) is 4.36. The Labute approximate surface area is 95.4 Å². The highest BCUT2D eigenvalue weighted by atomic mass is 16.5. The first-order valence-electron chi connectivity index (χ1n) is 5.63. The Morgan fingerprint density at radius 3 is 2.75 bits per heavy atom. The molecule has 1 N–H and O–H groups in total. The van der Waals surface area contributed by atoms with Crippen LogP contribution in [-0.4, -0.2) is 47.7 Å². The summed E-state index contributed by atoms with van der Waals surface area (Å²) >= 11 is 0. The van der Waals surface area contributed by atoms with E-state index in [0.717, 1.165) is 0 Å². The fourth-order valence-electron chi connectivity index (χ4n) is 1.74. The molecule has 0 spiro atoms. The van der Waals surface area contributed by atoms with Crippen molar-refractivity contribution in [2.24, 2.45) is 5.92 Å². The van der Waals surface area contributed by atoms with Gasteiger partial charge in [-0.1, -0.05) is 13.8 Å². The van der Waals surface area contributed by atoms with Crippen LogP contribution in [0.3, 0.4) is 0 Å². The summed E-state index contributed by atoms with van der Waals surface area (Å²) in [7, 11) is 0. The van der Waals surface area contributed by atoms with Crippen molar-refractivity contribution in [2.75, 3.05) is 19.7 Å². The van der Waals surface area contributed by atoms with Crippen LogP contribution in [0.4, 0.5) is 0 Å². The molecule has 1 heterocycles. The summed E-state index contributed by atoms with van der Waals surface area (Å²) in [6, 6.07) is 0. The molecular formula is C11H19NO4. The second kappa shape index (κ2) is 5.84. The molecule has 1 rings (SSSR count). The van der Waals surface area contributed by atoms with Gasteiger partial charge in [-0.05, 0) is 6.42 Å². The number of nitrogens with zero attached hydrogens (tertiary/aromatic N) is 1. The second-order valence-electron chi connectivity index (χ2n) is 4.36. The van der Waals surface area contributed by atoms with Crippen LogP contribution in [0.1, 0.15) is 26.7 Å². The number of carboxylic acid groups (broad SMARTS) is 1. The molecule has 0 aliphatic carbocycles. The highest BCUT2D eigenvalue weighted by molar-refractivity contribution is 5.78. The number of aliphatic carboxylic acids is 1. The zero-order valence-electron chi connectivity index (χ0n) is 9.81. The van der Waals surface area contributed by atoms with E-state index in [4.69, 9.17) is 9.84 Å². The number of carbonyl (C=O) groups excluding carboxylic acids is 1. The maximum absolute atomic E-state index is 11.7. The number of hydrogen-bond donors (Lipinski definition) is 1. The molecule has 1 unspecified atom stereocenters. The number of carbonyl (C=O) groups is 2. The molecule has 1 fully saturated rings. The number of rotatable bonds is 4. The van der Waals surface area contributed by atoms with Crippen molar-refractivity contribution in [3.05, 3.63) is 0 Å². The van der Waals surface area contributed by atoms with Gasteiger partial charge in [0.2, 0.25) is 5.91 Å². The van der Waals surface area contributed by atoms with Gasteiger partial charge in [0, 0.05) is 25.4 Å². The normalized spacial score (nSPS) is 21.2. The molecule has 5 heteroatoms. The average molecular weight is 229 g/mol. The topological polar surface area (TPSA) is 66.8 Å². The average Bonchev–Trinajstić information content (AvgIpc) is 2.25. The van der Waals surface area contributed by atoms with Crippen molar-refractivity contribution in [3.63, 3.8) is 0 Å². The minimum absolute atomic E-state index is 0.0155. The van der Waals surface area contributed by atoms with E-state index >= 15 is 0 Å².